The van der Waals surface area contributed by atoms with Crippen molar-refractivity contribution < 1.29 is 19.4 Å². The topological polar surface area (TPSA) is 78.9 Å². The van der Waals surface area contributed by atoms with Gasteiger partial charge in [0.15, 0.2) is 0 Å². The zero-order valence-electron chi connectivity index (χ0n) is 13.6. The highest BCUT2D eigenvalue weighted by molar-refractivity contribution is 5.94. The molecule has 0 radical (unpaired) electrons. The van der Waals surface area contributed by atoms with Gasteiger partial charge in [0.25, 0.3) is 0 Å². The van der Waals surface area contributed by atoms with E-state index in [2.05, 4.69) is 5.32 Å². The van der Waals surface area contributed by atoms with Crippen LogP contribution in [-0.4, -0.2) is 42.0 Å². The molecule has 0 aliphatic heterocycles. The van der Waals surface area contributed by atoms with Crippen LogP contribution < -0.4 is 10.1 Å². The number of carboxylic acid groups (broad SMARTS) is 1. The molecule has 2 aromatic carbocycles. The van der Waals surface area contributed by atoms with Crippen molar-refractivity contribution in [1.82, 2.24) is 4.90 Å². The number of nitrogens with one attached hydrogen (secondary N) is 1. The summed E-state index contributed by atoms with van der Waals surface area (Å²) in [5, 5.41) is 11.8. The van der Waals surface area contributed by atoms with E-state index >= 15 is 0 Å². The Morgan fingerprint density at radius 2 is 1.62 bits per heavy atom. The van der Waals surface area contributed by atoms with Crippen LogP contribution in [0.2, 0.25) is 0 Å². The second kappa shape index (κ2) is 8.12. The highest BCUT2D eigenvalue weighted by Gasteiger charge is 2.23. The van der Waals surface area contributed by atoms with Crippen molar-refractivity contribution >= 4 is 17.6 Å². The number of rotatable bonds is 7. The van der Waals surface area contributed by atoms with Gasteiger partial charge in [0, 0.05) is 5.69 Å². The van der Waals surface area contributed by atoms with E-state index in [9.17, 15) is 9.59 Å². The Labute approximate surface area is 140 Å². The minimum Gasteiger partial charge on any atom is -0.480 e. The summed E-state index contributed by atoms with van der Waals surface area (Å²) >= 11 is 0. The fourth-order valence-corrected chi connectivity index (χ4v) is 2.11. The molecule has 126 valence electrons. The molecule has 0 bridgehead atoms. The lowest BCUT2D eigenvalue weighted by molar-refractivity contribution is -0.144. The predicted octanol–water partition coefficient (Wildman–Crippen LogP) is 2.82. The molecular weight excluding hydrogens is 308 g/mol. The summed E-state index contributed by atoms with van der Waals surface area (Å²) in [6, 6.07) is 15.4. The van der Waals surface area contributed by atoms with Crippen molar-refractivity contribution in [3.8, 4) is 11.5 Å². The highest BCUT2D eigenvalue weighted by Crippen LogP contribution is 2.22. The smallest absolute Gasteiger partial charge is 0.321 e. The van der Waals surface area contributed by atoms with Gasteiger partial charge in [-0.25, -0.2) is 0 Å². The molecule has 0 spiro atoms. The number of hydrogen-bond acceptors (Lipinski definition) is 4. The summed E-state index contributed by atoms with van der Waals surface area (Å²) in [6.07, 6.45) is -0.120. The Bertz CT molecular complexity index is 684. The predicted molar refractivity (Wildman–Crippen MR) is 91.3 cm³/mol. The minimum absolute atomic E-state index is 0.120. The second-order valence-corrected chi connectivity index (χ2v) is 5.51. The molecule has 0 heterocycles. The van der Waals surface area contributed by atoms with Crippen molar-refractivity contribution in [1.29, 1.82) is 0 Å². The third-order valence-electron chi connectivity index (χ3n) is 3.40. The number of carboxylic acids is 1. The highest BCUT2D eigenvalue weighted by atomic mass is 16.5. The van der Waals surface area contributed by atoms with E-state index in [1.54, 1.807) is 38.4 Å². The maximum absolute atomic E-state index is 12.0. The van der Waals surface area contributed by atoms with E-state index in [0.717, 1.165) is 5.75 Å². The first-order valence-electron chi connectivity index (χ1n) is 7.48. The van der Waals surface area contributed by atoms with Crippen LogP contribution in [-0.2, 0) is 9.59 Å². The van der Waals surface area contributed by atoms with Crippen molar-refractivity contribution in [2.24, 2.45) is 0 Å². The number of hydrogen-bond donors (Lipinski definition) is 2. The number of anilines is 1. The Balaban J connectivity index is 1.93. The lowest BCUT2D eigenvalue weighted by Crippen LogP contribution is -2.38. The van der Waals surface area contributed by atoms with Gasteiger partial charge in [-0.3, -0.25) is 14.5 Å². The van der Waals surface area contributed by atoms with E-state index in [1.807, 2.05) is 30.3 Å². The van der Waals surface area contributed by atoms with Gasteiger partial charge in [-0.15, -0.1) is 0 Å². The summed E-state index contributed by atoms with van der Waals surface area (Å²) in [5.41, 5.74) is 0.586. The molecule has 1 unspecified atom stereocenters. The molecule has 1 amide bonds. The van der Waals surface area contributed by atoms with Crippen molar-refractivity contribution in [3.63, 3.8) is 0 Å². The lowest BCUT2D eigenvalue weighted by Gasteiger charge is -2.19. The molecule has 1 atom stereocenters. The standard InChI is InChI=1S/C18H20N2O4/c1-20(2)16(18(22)23)12-17(21)19-13-8-10-15(11-9-13)24-14-6-4-3-5-7-14/h3-11,16H,12H2,1-2H3,(H,19,21)(H,22,23). The molecule has 2 N–H and O–H groups in total. The quantitative estimate of drug-likeness (QED) is 0.817. The Hall–Kier alpha value is -2.86. The minimum atomic E-state index is -1.03. The van der Waals surface area contributed by atoms with E-state index < -0.39 is 12.0 Å². The molecule has 2 rings (SSSR count). The summed E-state index contributed by atoms with van der Waals surface area (Å²) in [6.45, 7) is 0. The van der Waals surface area contributed by atoms with E-state index in [1.165, 1.54) is 4.90 Å². The zero-order valence-corrected chi connectivity index (χ0v) is 13.6. The number of aliphatic carboxylic acids is 1. The van der Waals surface area contributed by atoms with Gasteiger partial charge >= 0.3 is 5.97 Å². The normalized spacial score (nSPS) is 11.8. The van der Waals surface area contributed by atoms with Crippen LogP contribution in [0.5, 0.6) is 11.5 Å². The van der Waals surface area contributed by atoms with E-state index in [-0.39, 0.29) is 12.3 Å². The van der Waals surface area contributed by atoms with Gasteiger partial charge in [-0.1, -0.05) is 18.2 Å². The molecular formula is C18H20N2O4. The SMILES string of the molecule is CN(C)C(CC(=O)Nc1ccc(Oc2ccccc2)cc1)C(=O)O. The lowest BCUT2D eigenvalue weighted by atomic mass is 10.2. The second-order valence-electron chi connectivity index (χ2n) is 5.51. The number of carbonyl (C=O) groups excluding carboxylic acids is 1. The van der Waals surface area contributed by atoms with Crippen LogP contribution in [0, 0.1) is 0 Å². The number of likely N-dealkylation sites (N-methyl/N-ethyl adjacent to an activating group) is 1. The van der Waals surface area contributed by atoms with Crippen LogP contribution in [0.4, 0.5) is 5.69 Å². The Kier molecular flexibility index (Phi) is 5.92. The summed E-state index contributed by atoms with van der Waals surface area (Å²) in [4.78, 5) is 24.6. The molecule has 0 saturated carbocycles. The zero-order chi connectivity index (χ0) is 17.5. The van der Waals surface area contributed by atoms with Gasteiger partial charge in [-0.05, 0) is 50.5 Å². The molecule has 6 heteroatoms. The monoisotopic (exact) mass is 328 g/mol. The van der Waals surface area contributed by atoms with Gasteiger partial charge in [0.05, 0.1) is 6.42 Å². The summed E-state index contributed by atoms with van der Waals surface area (Å²) < 4.78 is 5.67. The number of ether oxygens (including phenoxy) is 1. The molecule has 6 nitrogen and oxygen atoms in total. The third kappa shape index (κ3) is 5.10. The van der Waals surface area contributed by atoms with E-state index in [4.69, 9.17) is 9.84 Å². The van der Waals surface area contributed by atoms with Crippen LogP contribution >= 0.6 is 0 Å². The maximum atomic E-state index is 12.0. The van der Waals surface area contributed by atoms with Gasteiger partial charge in [0.2, 0.25) is 5.91 Å². The van der Waals surface area contributed by atoms with Crippen molar-refractivity contribution in [3.05, 3.63) is 54.6 Å². The molecule has 2 aromatic rings. The van der Waals surface area contributed by atoms with Crippen molar-refractivity contribution in [2.75, 3.05) is 19.4 Å². The fourth-order valence-electron chi connectivity index (χ4n) is 2.11. The van der Waals surface area contributed by atoms with Crippen LogP contribution in [0.15, 0.2) is 54.6 Å². The Morgan fingerprint density at radius 1 is 1.04 bits per heavy atom. The first-order valence-corrected chi connectivity index (χ1v) is 7.48. The number of para-hydroxylation sites is 1. The first-order chi connectivity index (χ1) is 11.5. The number of amides is 1. The molecule has 24 heavy (non-hydrogen) atoms. The number of nitrogens with zero attached hydrogens (tertiary/aromatic N) is 1. The molecule has 0 aliphatic rings. The van der Waals surface area contributed by atoms with E-state index in [0.29, 0.717) is 11.4 Å². The van der Waals surface area contributed by atoms with Crippen LogP contribution in [0.3, 0.4) is 0 Å². The van der Waals surface area contributed by atoms with Crippen molar-refractivity contribution in [2.45, 2.75) is 12.5 Å². The largest absolute Gasteiger partial charge is 0.480 e. The molecule has 0 aliphatic carbocycles. The van der Waals surface area contributed by atoms with Crippen LogP contribution in [0.1, 0.15) is 6.42 Å². The number of carbonyl (C=O) groups is 2. The average molecular weight is 328 g/mol. The van der Waals surface area contributed by atoms with Gasteiger partial charge in [0.1, 0.15) is 17.5 Å². The number of benzene rings is 2. The summed E-state index contributed by atoms with van der Waals surface area (Å²) in [5.74, 6) is -0.00458. The van der Waals surface area contributed by atoms with Gasteiger partial charge < -0.3 is 15.2 Å². The average Bonchev–Trinajstić information content (AvgIpc) is 2.55. The Morgan fingerprint density at radius 3 is 2.17 bits per heavy atom. The third-order valence-corrected chi connectivity index (χ3v) is 3.40. The molecule has 0 saturated heterocycles. The molecule has 0 aromatic heterocycles. The maximum Gasteiger partial charge on any atom is 0.321 e. The molecule has 0 fully saturated rings. The summed E-state index contributed by atoms with van der Waals surface area (Å²) in [7, 11) is 3.25. The first kappa shape index (κ1) is 17.5. The van der Waals surface area contributed by atoms with Crippen LogP contribution in [0.25, 0.3) is 0 Å². The fraction of sp³-hybridized carbons (Fsp3) is 0.222. The van der Waals surface area contributed by atoms with Gasteiger partial charge in [-0.2, -0.15) is 0 Å².